The van der Waals surface area contributed by atoms with Crippen molar-refractivity contribution < 1.29 is 18.8 Å². The van der Waals surface area contributed by atoms with E-state index in [1.54, 1.807) is 30.0 Å². The van der Waals surface area contributed by atoms with E-state index in [1.165, 1.54) is 11.0 Å². The molecule has 1 aromatic carbocycles. The quantitative estimate of drug-likeness (QED) is 0.487. The van der Waals surface area contributed by atoms with Crippen molar-refractivity contribution in [2.75, 3.05) is 18.8 Å². The van der Waals surface area contributed by atoms with Crippen molar-refractivity contribution in [1.29, 1.82) is 0 Å². The van der Waals surface area contributed by atoms with Gasteiger partial charge in [0.05, 0.1) is 0 Å². The van der Waals surface area contributed by atoms with Crippen LogP contribution in [-0.2, 0) is 15.3 Å². The molecule has 2 N–H and O–H groups in total. The molecule has 1 heterocycles. The minimum atomic E-state index is -0.686. The topological polar surface area (TPSA) is 78.5 Å². The van der Waals surface area contributed by atoms with E-state index in [0.717, 1.165) is 12.8 Å². The number of carbonyl (C=O) groups excluding carboxylic acids is 3. The zero-order valence-corrected chi connectivity index (χ0v) is 16.7. The molecule has 1 spiro atoms. The zero-order chi connectivity index (χ0) is 20.0. The first-order chi connectivity index (χ1) is 13.5. The van der Waals surface area contributed by atoms with Gasteiger partial charge in [0.25, 0.3) is 5.91 Å². The molecule has 6 nitrogen and oxygen atoms in total. The predicted octanol–water partition coefficient (Wildman–Crippen LogP) is 2.82. The predicted molar refractivity (Wildman–Crippen MR) is 106 cm³/mol. The zero-order valence-electron chi connectivity index (χ0n) is 15.8. The van der Waals surface area contributed by atoms with Crippen molar-refractivity contribution in [1.82, 2.24) is 15.5 Å². The van der Waals surface area contributed by atoms with E-state index in [9.17, 15) is 18.8 Å². The van der Waals surface area contributed by atoms with Crippen LogP contribution in [0.15, 0.2) is 24.3 Å². The fraction of sp³-hybridized carbons (Fsp3) is 0.550. The van der Waals surface area contributed by atoms with Crippen molar-refractivity contribution >= 4 is 29.6 Å². The van der Waals surface area contributed by atoms with Gasteiger partial charge in [-0.25, -0.2) is 9.18 Å². The van der Waals surface area contributed by atoms with Gasteiger partial charge in [-0.05, 0) is 30.9 Å². The molecular formula is C20H26FN3O3S. The highest BCUT2D eigenvalue weighted by Crippen LogP contribution is 2.35. The van der Waals surface area contributed by atoms with E-state index in [0.29, 0.717) is 42.9 Å². The molecule has 0 unspecified atom stereocenters. The number of halogens is 1. The fourth-order valence-corrected chi connectivity index (χ4v) is 4.59. The van der Waals surface area contributed by atoms with Gasteiger partial charge in [-0.1, -0.05) is 31.0 Å². The van der Waals surface area contributed by atoms with E-state index in [4.69, 9.17) is 0 Å². The van der Waals surface area contributed by atoms with Gasteiger partial charge in [0.15, 0.2) is 0 Å². The third kappa shape index (κ3) is 4.84. The standard InChI is InChI=1S/C20H26FN3O3S/c21-16-7-2-1-6-15(16)14-28-13-11-22-17(25)8-5-12-24-18(26)20(23-19(24)27)9-3-4-10-20/h1-2,6-7H,3-5,8-14H2,(H,22,25)(H,23,27). The van der Waals surface area contributed by atoms with Gasteiger partial charge in [0, 0.05) is 31.0 Å². The molecule has 1 aliphatic heterocycles. The Kier molecular flexibility index (Phi) is 6.93. The smallest absolute Gasteiger partial charge is 0.325 e. The molecule has 1 saturated heterocycles. The number of thioether (sulfide) groups is 1. The highest BCUT2D eigenvalue weighted by atomic mass is 32.2. The second-order valence-electron chi connectivity index (χ2n) is 7.27. The Hall–Kier alpha value is -2.09. The number of amides is 4. The number of urea groups is 1. The van der Waals surface area contributed by atoms with Gasteiger partial charge in [-0.2, -0.15) is 11.8 Å². The number of carbonyl (C=O) groups is 3. The third-order valence-corrected chi connectivity index (χ3v) is 6.28. The molecule has 3 rings (SSSR count). The molecule has 8 heteroatoms. The van der Waals surface area contributed by atoms with Crippen molar-refractivity contribution in [3.05, 3.63) is 35.6 Å². The number of hydrogen-bond donors (Lipinski definition) is 2. The van der Waals surface area contributed by atoms with Gasteiger partial charge in [-0.15, -0.1) is 0 Å². The maximum Gasteiger partial charge on any atom is 0.325 e. The van der Waals surface area contributed by atoms with E-state index >= 15 is 0 Å². The number of nitrogens with one attached hydrogen (secondary N) is 2. The molecule has 4 amide bonds. The van der Waals surface area contributed by atoms with Crippen LogP contribution in [0.5, 0.6) is 0 Å². The third-order valence-electron chi connectivity index (χ3n) is 5.27. The number of imide groups is 1. The molecule has 2 fully saturated rings. The molecule has 152 valence electrons. The average Bonchev–Trinajstić information content (AvgIpc) is 3.23. The first kappa shape index (κ1) is 20.6. The lowest BCUT2D eigenvalue weighted by Gasteiger charge is -2.19. The van der Waals surface area contributed by atoms with Crippen molar-refractivity contribution in [2.24, 2.45) is 0 Å². The van der Waals surface area contributed by atoms with E-state index in [2.05, 4.69) is 10.6 Å². The molecule has 28 heavy (non-hydrogen) atoms. The Morgan fingerprint density at radius 1 is 1.25 bits per heavy atom. The van der Waals surface area contributed by atoms with E-state index in [1.807, 2.05) is 0 Å². The summed E-state index contributed by atoms with van der Waals surface area (Å²) in [5.74, 6) is 0.805. The molecule has 0 aromatic heterocycles. The Morgan fingerprint density at radius 3 is 2.75 bits per heavy atom. The Bertz CT molecular complexity index is 737. The lowest BCUT2D eigenvalue weighted by atomic mass is 9.98. The summed E-state index contributed by atoms with van der Waals surface area (Å²) in [6.45, 7) is 0.770. The highest BCUT2D eigenvalue weighted by Gasteiger charge is 2.51. The van der Waals surface area contributed by atoms with Gasteiger partial charge in [0.2, 0.25) is 5.91 Å². The van der Waals surface area contributed by atoms with Crippen LogP contribution in [0.2, 0.25) is 0 Å². The lowest BCUT2D eigenvalue weighted by Crippen LogP contribution is -2.44. The van der Waals surface area contributed by atoms with E-state index in [-0.39, 0.29) is 36.6 Å². The van der Waals surface area contributed by atoms with Crippen LogP contribution < -0.4 is 10.6 Å². The molecule has 1 aliphatic carbocycles. The minimum absolute atomic E-state index is 0.103. The number of hydrogen-bond acceptors (Lipinski definition) is 4. The second-order valence-corrected chi connectivity index (χ2v) is 8.38. The summed E-state index contributed by atoms with van der Waals surface area (Å²) in [4.78, 5) is 37.8. The summed E-state index contributed by atoms with van der Waals surface area (Å²) in [5, 5.41) is 5.66. The normalized spacial score (nSPS) is 18.0. The summed E-state index contributed by atoms with van der Waals surface area (Å²) in [5.41, 5.74) is -0.0261. The Morgan fingerprint density at radius 2 is 2.00 bits per heavy atom. The molecule has 0 atom stereocenters. The summed E-state index contributed by atoms with van der Waals surface area (Å²) >= 11 is 1.56. The Balaban J connectivity index is 1.29. The van der Waals surface area contributed by atoms with Crippen LogP contribution in [0, 0.1) is 5.82 Å². The van der Waals surface area contributed by atoms with Gasteiger partial charge in [0.1, 0.15) is 11.4 Å². The summed E-state index contributed by atoms with van der Waals surface area (Å²) in [6.07, 6.45) is 4.04. The number of benzene rings is 1. The van der Waals surface area contributed by atoms with Crippen LogP contribution in [0.25, 0.3) is 0 Å². The van der Waals surface area contributed by atoms with Crippen LogP contribution in [0.4, 0.5) is 9.18 Å². The van der Waals surface area contributed by atoms with Crippen LogP contribution in [0.1, 0.15) is 44.1 Å². The summed E-state index contributed by atoms with van der Waals surface area (Å²) < 4.78 is 13.5. The monoisotopic (exact) mass is 407 g/mol. The molecule has 2 aliphatic rings. The highest BCUT2D eigenvalue weighted by molar-refractivity contribution is 7.98. The average molecular weight is 408 g/mol. The van der Waals surface area contributed by atoms with E-state index < -0.39 is 5.54 Å². The molecule has 0 bridgehead atoms. The van der Waals surface area contributed by atoms with Crippen LogP contribution >= 0.6 is 11.8 Å². The molecule has 1 saturated carbocycles. The molecule has 0 radical (unpaired) electrons. The van der Waals surface area contributed by atoms with Crippen molar-refractivity contribution in [3.63, 3.8) is 0 Å². The fourth-order valence-electron chi connectivity index (χ4n) is 3.74. The van der Waals surface area contributed by atoms with Crippen LogP contribution in [-0.4, -0.2) is 47.1 Å². The largest absolute Gasteiger partial charge is 0.355 e. The first-order valence-corrected chi connectivity index (χ1v) is 10.9. The first-order valence-electron chi connectivity index (χ1n) is 9.74. The molecular weight excluding hydrogens is 381 g/mol. The Labute approximate surface area is 168 Å². The maximum atomic E-state index is 13.5. The van der Waals surface area contributed by atoms with Crippen molar-refractivity contribution in [2.45, 2.75) is 49.8 Å². The number of nitrogens with zero attached hydrogens (tertiary/aromatic N) is 1. The lowest BCUT2D eigenvalue weighted by molar-refractivity contribution is -0.131. The maximum absolute atomic E-state index is 13.5. The molecule has 1 aromatic rings. The summed E-state index contributed by atoms with van der Waals surface area (Å²) in [7, 11) is 0. The van der Waals surface area contributed by atoms with Gasteiger partial charge in [-0.3, -0.25) is 14.5 Å². The number of rotatable bonds is 9. The van der Waals surface area contributed by atoms with Crippen LogP contribution in [0.3, 0.4) is 0 Å². The van der Waals surface area contributed by atoms with Crippen molar-refractivity contribution in [3.8, 4) is 0 Å². The SMILES string of the molecule is O=C(CCCN1C(=O)NC2(CCCC2)C1=O)NCCSCc1ccccc1F. The minimum Gasteiger partial charge on any atom is -0.355 e. The van der Waals surface area contributed by atoms with Gasteiger partial charge < -0.3 is 10.6 Å². The van der Waals surface area contributed by atoms with Gasteiger partial charge >= 0.3 is 6.03 Å². The summed E-state index contributed by atoms with van der Waals surface area (Å²) in [6, 6.07) is 6.33. The second kappa shape index (κ2) is 9.41.